The number of carbonyl (C=O) groups excluding carboxylic acids is 1. The molecule has 0 radical (unpaired) electrons. The number of rotatable bonds is 3. The van der Waals surface area contributed by atoms with E-state index in [4.69, 9.17) is 9.84 Å². The smallest absolute Gasteiger partial charge is 0.410 e. The summed E-state index contributed by atoms with van der Waals surface area (Å²) in [7, 11) is 0. The third-order valence-corrected chi connectivity index (χ3v) is 4.21. The predicted molar refractivity (Wildman–Crippen MR) is 85.8 cm³/mol. The number of hydrogen-bond acceptors (Lipinski definition) is 3. The van der Waals surface area contributed by atoms with Gasteiger partial charge in [-0.3, -0.25) is 4.79 Å². The Balaban J connectivity index is 3.02. The lowest BCUT2D eigenvalue weighted by Gasteiger charge is -2.49. The standard InChI is InChI=1S/C17H31NO4/c1-15(2,3)22-14(21)18-11-16(4,5)9-8-12(18)17(6,7)10-13(19)20/h12H,8-11H2,1-7H3,(H,19,20). The summed E-state index contributed by atoms with van der Waals surface area (Å²) in [4.78, 5) is 25.5. The van der Waals surface area contributed by atoms with Gasteiger partial charge in [0.05, 0.1) is 6.42 Å². The molecule has 0 spiro atoms. The summed E-state index contributed by atoms with van der Waals surface area (Å²) in [6.45, 7) is 14.2. The van der Waals surface area contributed by atoms with Gasteiger partial charge < -0.3 is 14.7 Å². The first-order valence-electron chi connectivity index (χ1n) is 7.95. The van der Waals surface area contributed by atoms with E-state index in [0.29, 0.717) is 6.54 Å². The first-order chi connectivity index (χ1) is 9.73. The highest BCUT2D eigenvalue weighted by molar-refractivity contribution is 5.70. The summed E-state index contributed by atoms with van der Waals surface area (Å²) >= 11 is 0. The lowest BCUT2D eigenvalue weighted by molar-refractivity contribution is -0.141. The zero-order valence-corrected chi connectivity index (χ0v) is 15.0. The van der Waals surface area contributed by atoms with Gasteiger partial charge >= 0.3 is 12.1 Å². The van der Waals surface area contributed by atoms with Crippen molar-refractivity contribution in [1.29, 1.82) is 0 Å². The van der Waals surface area contributed by atoms with Crippen molar-refractivity contribution in [1.82, 2.24) is 4.90 Å². The van der Waals surface area contributed by atoms with Crippen LogP contribution in [0.5, 0.6) is 0 Å². The number of carboxylic acid groups (broad SMARTS) is 1. The van der Waals surface area contributed by atoms with Crippen LogP contribution in [0.3, 0.4) is 0 Å². The molecule has 1 saturated heterocycles. The normalized spacial score (nSPS) is 22.3. The fourth-order valence-corrected chi connectivity index (χ4v) is 3.17. The van der Waals surface area contributed by atoms with Gasteiger partial charge in [-0.05, 0) is 44.4 Å². The number of carbonyl (C=O) groups is 2. The average molecular weight is 313 g/mol. The summed E-state index contributed by atoms with van der Waals surface area (Å²) in [6.07, 6.45) is 1.47. The number of carboxylic acids is 1. The van der Waals surface area contributed by atoms with Crippen LogP contribution in [0.15, 0.2) is 0 Å². The molecule has 1 amide bonds. The Hall–Kier alpha value is -1.26. The van der Waals surface area contributed by atoms with Gasteiger partial charge in [-0.15, -0.1) is 0 Å². The topological polar surface area (TPSA) is 66.8 Å². The van der Waals surface area contributed by atoms with Crippen LogP contribution in [0.4, 0.5) is 4.79 Å². The van der Waals surface area contributed by atoms with E-state index in [9.17, 15) is 9.59 Å². The molecule has 1 heterocycles. The van der Waals surface area contributed by atoms with Crippen LogP contribution in [0.2, 0.25) is 0 Å². The maximum Gasteiger partial charge on any atom is 0.410 e. The van der Waals surface area contributed by atoms with Gasteiger partial charge in [0.15, 0.2) is 0 Å². The SMILES string of the molecule is CC1(C)CCC(C(C)(C)CC(=O)O)N(C(=O)OC(C)(C)C)C1. The molecular formula is C17H31NO4. The molecule has 0 bridgehead atoms. The minimum atomic E-state index is -0.834. The Morgan fingerprint density at radius 3 is 2.23 bits per heavy atom. The minimum absolute atomic E-state index is 0.0205. The largest absolute Gasteiger partial charge is 0.481 e. The molecule has 22 heavy (non-hydrogen) atoms. The van der Waals surface area contributed by atoms with Crippen LogP contribution in [-0.2, 0) is 9.53 Å². The first-order valence-corrected chi connectivity index (χ1v) is 7.95. The summed E-state index contributed by atoms with van der Waals surface area (Å²) in [5, 5.41) is 9.16. The van der Waals surface area contributed by atoms with E-state index >= 15 is 0 Å². The van der Waals surface area contributed by atoms with E-state index in [1.807, 2.05) is 34.6 Å². The van der Waals surface area contributed by atoms with Crippen molar-refractivity contribution >= 4 is 12.1 Å². The first kappa shape index (κ1) is 18.8. The maximum atomic E-state index is 12.6. The van der Waals surface area contributed by atoms with Crippen LogP contribution in [0, 0.1) is 10.8 Å². The maximum absolute atomic E-state index is 12.6. The number of likely N-dealkylation sites (tertiary alicyclic amines) is 1. The Bertz CT molecular complexity index is 434. The molecule has 0 aromatic rings. The second-order valence-electron chi connectivity index (χ2n) is 8.89. The molecule has 1 aliphatic heterocycles. The van der Waals surface area contributed by atoms with Crippen molar-refractivity contribution in [2.45, 2.75) is 79.4 Å². The molecule has 5 heteroatoms. The predicted octanol–water partition coefficient (Wildman–Crippen LogP) is 3.91. The molecule has 5 nitrogen and oxygen atoms in total. The van der Waals surface area contributed by atoms with Gasteiger partial charge in [0.1, 0.15) is 5.60 Å². The molecule has 0 aromatic heterocycles. The Kier molecular flexibility index (Phi) is 5.20. The Morgan fingerprint density at radius 1 is 1.23 bits per heavy atom. The lowest BCUT2D eigenvalue weighted by atomic mass is 9.71. The molecule has 1 unspecified atom stereocenters. The van der Waals surface area contributed by atoms with Crippen LogP contribution >= 0.6 is 0 Å². The van der Waals surface area contributed by atoms with Crippen LogP contribution in [-0.4, -0.2) is 40.3 Å². The van der Waals surface area contributed by atoms with Gasteiger partial charge in [-0.2, -0.15) is 0 Å². The molecule has 1 N–H and O–H groups in total. The highest BCUT2D eigenvalue weighted by Crippen LogP contribution is 2.41. The number of aliphatic carboxylic acids is 1. The van der Waals surface area contributed by atoms with Gasteiger partial charge in [-0.1, -0.05) is 27.7 Å². The van der Waals surface area contributed by atoms with E-state index in [1.165, 1.54) is 0 Å². The molecule has 0 aromatic carbocycles. The van der Waals surface area contributed by atoms with Crippen LogP contribution < -0.4 is 0 Å². The van der Waals surface area contributed by atoms with Crippen LogP contribution in [0.25, 0.3) is 0 Å². The van der Waals surface area contributed by atoms with Crippen molar-refractivity contribution in [3.05, 3.63) is 0 Å². The van der Waals surface area contributed by atoms with E-state index in [0.717, 1.165) is 12.8 Å². The van der Waals surface area contributed by atoms with E-state index in [-0.39, 0.29) is 24.0 Å². The van der Waals surface area contributed by atoms with Crippen molar-refractivity contribution in [3.63, 3.8) is 0 Å². The number of piperidine rings is 1. The molecule has 1 rings (SSSR count). The Labute approximate surface area is 134 Å². The Morgan fingerprint density at radius 2 is 1.77 bits per heavy atom. The highest BCUT2D eigenvalue weighted by atomic mass is 16.6. The average Bonchev–Trinajstić information content (AvgIpc) is 2.22. The van der Waals surface area contributed by atoms with E-state index in [1.54, 1.807) is 4.90 Å². The molecule has 128 valence electrons. The van der Waals surface area contributed by atoms with Crippen molar-refractivity contribution < 1.29 is 19.4 Å². The summed E-state index contributed by atoms with van der Waals surface area (Å²) in [5.41, 5.74) is -1.02. The van der Waals surface area contributed by atoms with E-state index < -0.39 is 17.0 Å². The summed E-state index contributed by atoms with van der Waals surface area (Å²) < 4.78 is 5.54. The number of nitrogens with zero attached hydrogens (tertiary/aromatic N) is 1. The third kappa shape index (κ3) is 5.18. The van der Waals surface area contributed by atoms with Gasteiger partial charge in [0.25, 0.3) is 0 Å². The lowest BCUT2D eigenvalue weighted by Crippen LogP contribution is -2.56. The van der Waals surface area contributed by atoms with Gasteiger partial charge in [-0.25, -0.2) is 4.79 Å². The molecular weight excluding hydrogens is 282 g/mol. The zero-order chi connectivity index (χ0) is 17.3. The monoisotopic (exact) mass is 313 g/mol. The fourth-order valence-electron chi connectivity index (χ4n) is 3.17. The molecule has 0 aliphatic carbocycles. The van der Waals surface area contributed by atoms with Crippen LogP contribution in [0.1, 0.15) is 67.7 Å². The second-order valence-corrected chi connectivity index (χ2v) is 8.89. The van der Waals surface area contributed by atoms with Crippen molar-refractivity contribution in [2.24, 2.45) is 10.8 Å². The zero-order valence-electron chi connectivity index (χ0n) is 15.0. The molecule has 1 atom stereocenters. The fraction of sp³-hybridized carbons (Fsp3) is 0.882. The summed E-state index contributed by atoms with van der Waals surface area (Å²) in [5.74, 6) is -0.834. The quantitative estimate of drug-likeness (QED) is 0.857. The second kappa shape index (κ2) is 6.09. The van der Waals surface area contributed by atoms with Gasteiger partial charge in [0.2, 0.25) is 0 Å². The highest BCUT2D eigenvalue weighted by Gasteiger charge is 2.45. The molecule has 1 fully saturated rings. The number of ether oxygens (including phenoxy) is 1. The van der Waals surface area contributed by atoms with Crippen molar-refractivity contribution in [2.75, 3.05) is 6.54 Å². The molecule has 1 aliphatic rings. The third-order valence-electron chi connectivity index (χ3n) is 4.21. The minimum Gasteiger partial charge on any atom is -0.481 e. The van der Waals surface area contributed by atoms with Gasteiger partial charge in [0, 0.05) is 12.6 Å². The summed E-state index contributed by atoms with van der Waals surface area (Å²) in [6, 6.07) is -0.119. The van der Waals surface area contributed by atoms with Crippen molar-refractivity contribution in [3.8, 4) is 0 Å². The molecule has 0 saturated carbocycles. The number of amides is 1. The number of hydrogen-bond donors (Lipinski definition) is 1. The van der Waals surface area contributed by atoms with E-state index in [2.05, 4.69) is 13.8 Å².